The molecular weight excluding hydrogens is 338 g/mol. The van der Waals surface area contributed by atoms with E-state index in [0.717, 1.165) is 6.42 Å². The average molecular weight is 363 g/mol. The van der Waals surface area contributed by atoms with Gasteiger partial charge in [0.15, 0.2) is 0 Å². The summed E-state index contributed by atoms with van der Waals surface area (Å²) in [7, 11) is 0. The molecule has 8 nitrogen and oxygen atoms in total. The quantitative estimate of drug-likeness (QED) is 0.601. The van der Waals surface area contributed by atoms with Crippen LogP contribution in [0.3, 0.4) is 0 Å². The van der Waals surface area contributed by atoms with Crippen molar-refractivity contribution in [3.8, 4) is 0 Å². The molecule has 2 aliphatic heterocycles. The molecule has 142 valence electrons. The summed E-state index contributed by atoms with van der Waals surface area (Å²) in [6.07, 6.45) is 0.824. The van der Waals surface area contributed by atoms with Crippen molar-refractivity contribution in [3.63, 3.8) is 0 Å². The summed E-state index contributed by atoms with van der Waals surface area (Å²) in [6.45, 7) is 7.76. The van der Waals surface area contributed by atoms with Crippen LogP contribution < -0.4 is 4.90 Å². The van der Waals surface area contributed by atoms with E-state index in [1.54, 1.807) is 17.0 Å². The summed E-state index contributed by atoms with van der Waals surface area (Å²) in [5.41, 5.74) is 0.517. The molecule has 0 saturated carbocycles. The number of hydrogen-bond acceptors (Lipinski definition) is 6. The zero-order valence-corrected chi connectivity index (χ0v) is 15.3. The predicted molar refractivity (Wildman–Crippen MR) is 96.7 cm³/mol. The van der Waals surface area contributed by atoms with E-state index in [2.05, 4.69) is 0 Å². The lowest BCUT2D eigenvalue weighted by Crippen LogP contribution is -2.50. The molecule has 0 bridgehead atoms. The van der Waals surface area contributed by atoms with Crippen molar-refractivity contribution in [2.75, 3.05) is 50.9 Å². The third-order valence-corrected chi connectivity index (χ3v) is 5.14. The van der Waals surface area contributed by atoms with Crippen molar-refractivity contribution >= 4 is 17.3 Å². The molecule has 8 heteroatoms. The summed E-state index contributed by atoms with van der Waals surface area (Å²) < 4.78 is 11.1. The van der Waals surface area contributed by atoms with E-state index in [9.17, 15) is 14.9 Å². The minimum Gasteiger partial charge on any atom is -0.378 e. The van der Waals surface area contributed by atoms with Gasteiger partial charge in [0.05, 0.1) is 30.3 Å². The van der Waals surface area contributed by atoms with Crippen LogP contribution in [0.4, 0.5) is 11.4 Å². The van der Waals surface area contributed by atoms with Crippen LogP contribution in [-0.4, -0.2) is 67.3 Å². The molecule has 0 aliphatic carbocycles. The lowest BCUT2D eigenvalue weighted by Gasteiger charge is -2.41. The maximum atomic E-state index is 12.6. The van der Waals surface area contributed by atoms with E-state index in [1.807, 2.05) is 18.7 Å². The van der Waals surface area contributed by atoms with Crippen LogP contribution in [-0.2, 0) is 9.47 Å². The van der Waals surface area contributed by atoms with Gasteiger partial charge in [0, 0.05) is 37.8 Å². The SMILES string of the molecule is CCC1(C)CN(c2ccc(C(=O)N3CCOCC3)cc2[N+](=O)[O-])CCO1. The van der Waals surface area contributed by atoms with Crippen molar-refractivity contribution in [2.45, 2.75) is 25.9 Å². The number of hydrogen-bond donors (Lipinski definition) is 0. The van der Waals surface area contributed by atoms with E-state index < -0.39 is 4.92 Å². The van der Waals surface area contributed by atoms with Crippen molar-refractivity contribution in [1.29, 1.82) is 0 Å². The number of nitro benzene ring substituents is 1. The summed E-state index contributed by atoms with van der Waals surface area (Å²) in [6, 6.07) is 4.76. The van der Waals surface area contributed by atoms with E-state index in [1.165, 1.54) is 6.07 Å². The Morgan fingerprint density at radius 3 is 2.65 bits per heavy atom. The number of nitro groups is 1. The Hall–Kier alpha value is -2.19. The molecular formula is C18H25N3O5. The second-order valence-electron chi connectivity index (χ2n) is 6.94. The molecule has 1 unspecified atom stereocenters. The Morgan fingerprint density at radius 2 is 2.00 bits per heavy atom. The van der Waals surface area contributed by atoms with Crippen LogP contribution in [0.2, 0.25) is 0 Å². The van der Waals surface area contributed by atoms with Gasteiger partial charge in [-0.2, -0.15) is 0 Å². The Bertz CT molecular complexity index is 689. The van der Waals surface area contributed by atoms with Gasteiger partial charge in [-0.25, -0.2) is 0 Å². The highest BCUT2D eigenvalue weighted by molar-refractivity contribution is 5.96. The molecule has 3 rings (SSSR count). The first-order valence-electron chi connectivity index (χ1n) is 8.98. The molecule has 2 fully saturated rings. The molecule has 2 heterocycles. The van der Waals surface area contributed by atoms with Gasteiger partial charge in [0.2, 0.25) is 0 Å². The molecule has 2 aliphatic rings. The zero-order valence-electron chi connectivity index (χ0n) is 15.3. The van der Waals surface area contributed by atoms with Crippen molar-refractivity contribution in [3.05, 3.63) is 33.9 Å². The van der Waals surface area contributed by atoms with Gasteiger partial charge in [-0.15, -0.1) is 0 Å². The van der Waals surface area contributed by atoms with Crippen LogP contribution in [0.15, 0.2) is 18.2 Å². The first-order chi connectivity index (χ1) is 12.4. The number of nitrogens with zero attached hydrogens (tertiary/aromatic N) is 3. The maximum absolute atomic E-state index is 12.6. The minimum atomic E-state index is -0.413. The number of carbonyl (C=O) groups excluding carboxylic acids is 1. The fraction of sp³-hybridized carbons (Fsp3) is 0.611. The van der Waals surface area contributed by atoms with Crippen LogP contribution in [0.25, 0.3) is 0 Å². The number of benzene rings is 1. The molecule has 0 aromatic heterocycles. The predicted octanol–water partition coefficient (Wildman–Crippen LogP) is 2.07. The number of carbonyl (C=O) groups is 1. The third-order valence-electron chi connectivity index (χ3n) is 5.14. The van der Waals surface area contributed by atoms with E-state index in [-0.39, 0.29) is 17.2 Å². The van der Waals surface area contributed by atoms with Gasteiger partial charge in [-0.1, -0.05) is 6.92 Å². The minimum absolute atomic E-state index is 0.0375. The summed E-state index contributed by atoms with van der Waals surface area (Å²) in [5.74, 6) is -0.191. The highest BCUT2D eigenvalue weighted by Gasteiger charge is 2.33. The third kappa shape index (κ3) is 3.81. The van der Waals surface area contributed by atoms with Crippen molar-refractivity contribution in [1.82, 2.24) is 4.90 Å². The van der Waals surface area contributed by atoms with E-state index in [0.29, 0.717) is 57.3 Å². The Labute approximate surface area is 152 Å². The van der Waals surface area contributed by atoms with Gasteiger partial charge < -0.3 is 19.3 Å². The Kier molecular flexibility index (Phi) is 5.43. The number of ether oxygens (including phenoxy) is 2. The lowest BCUT2D eigenvalue weighted by atomic mass is 10.00. The summed E-state index contributed by atoms with van der Waals surface area (Å²) in [5, 5.41) is 11.6. The normalized spacial score (nSPS) is 23.8. The highest BCUT2D eigenvalue weighted by atomic mass is 16.6. The summed E-state index contributed by atoms with van der Waals surface area (Å²) in [4.78, 5) is 27.5. The van der Waals surface area contributed by atoms with Crippen LogP contribution in [0.5, 0.6) is 0 Å². The van der Waals surface area contributed by atoms with E-state index >= 15 is 0 Å². The zero-order chi connectivity index (χ0) is 18.7. The molecule has 0 radical (unpaired) electrons. The van der Waals surface area contributed by atoms with Crippen LogP contribution in [0, 0.1) is 10.1 Å². The standard InChI is InChI=1S/C18H25N3O5/c1-3-18(2)13-20(8-11-26-18)15-5-4-14(12-16(15)21(23)24)17(22)19-6-9-25-10-7-19/h4-5,12H,3,6-11,13H2,1-2H3. The molecule has 2 saturated heterocycles. The van der Waals surface area contributed by atoms with Crippen LogP contribution in [0.1, 0.15) is 30.6 Å². The van der Waals surface area contributed by atoms with E-state index in [4.69, 9.17) is 9.47 Å². The van der Waals surface area contributed by atoms with Gasteiger partial charge in [-0.05, 0) is 25.5 Å². The van der Waals surface area contributed by atoms with Crippen molar-refractivity contribution in [2.24, 2.45) is 0 Å². The number of amides is 1. The Morgan fingerprint density at radius 1 is 1.27 bits per heavy atom. The molecule has 1 aromatic carbocycles. The van der Waals surface area contributed by atoms with Crippen LogP contribution >= 0.6 is 0 Å². The largest absolute Gasteiger partial charge is 0.378 e. The van der Waals surface area contributed by atoms with Gasteiger partial charge in [0.25, 0.3) is 11.6 Å². The lowest BCUT2D eigenvalue weighted by molar-refractivity contribution is -0.384. The van der Waals surface area contributed by atoms with Gasteiger partial charge in [0.1, 0.15) is 5.69 Å². The maximum Gasteiger partial charge on any atom is 0.293 e. The first kappa shape index (κ1) is 18.6. The molecule has 1 atom stereocenters. The fourth-order valence-corrected chi connectivity index (χ4v) is 3.37. The number of rotatable bonds is 4. The topological polar surface area (TPSA) is 85.2 Å². The summed E-state index contributed by atoms with van der Waals surface area (Å²) >= 11 is 0. The van der Waals surface area contributed by atoms with Gasteiger partial charge in [-0.3, -0.25) is 14.9 Å². The smallest absolute Gasteiger partial charge is 0.293 e. The first-order valence-corrected chi connectivity index (χ1v) is 8.98. The second-order valence-corrected chi connectivity index (χ2v) is 6.94. The molecule has 0 N–H and O–H groups in total. The molecule has 1 amide bonds. The fourth-order valence-electron chi connectivity index (χ4n) is 3.37. The Balaban J connectivity index is 1.87. The average Bonchev–Trinajstić information content (AvgIpc) is 2.67. The number of morpholine rings is 2. The molecule has 0 spiro atoms. The van der Waals surface area contributed by atoms with Gasteiger partial charge >= 0.3 is 0 Å². The monoisotopic (exact) mass is 363 g/mol. The number of anilines is 1. The molecule has 1 aromatic rings. The molecule has 26 heavy (non-hydrogen) atoms. The highest BCUT2D eigenvalue weighted by Crippen LogP contribution is 2.33. The second kappa shape index (κ2) is 7.59. The van der Waals surface area contributed by atoms with Crippen molar-refractivity contribution < 1.29 is 19.2 Å².